The van der Waals surface area contributed by atoms with Crippen LogP contribution in [0, 0.1) is 5.92 Å². The van der Waals surface area contributed by atoms with E-state index in [9.17, 15) is 4.79 Å². The number of nitrogens with two attached hydrogens (primary N) is 1. The lowest BCUT2D eigenvalue weighted by atomic mass is 9.96. The van der Waals surface area contributed by atoms with Gasteiger partial charge in [-0.15, -0.1) is 0 Å². The van der Waals surface area contributed by atoms with Crippen molar-refractivity contribution in [2.75, 3.05) is 13.6 Å². The van der Waals surface area contributed by atoms with Crippen molar-refractivity contribution in [2.24, 2.45) is 11.7 Å². The van der Waals surface area contributed by atoms with Gasteiger partial charge in [-0.2, -0.15) is 0 Å². The Morgan fingerprint density at radius 1 is 1.29 bits per heavy atom. The molecular formula is C14H28N2O. The maximum atomic E-state index is 12.0. The SMILES string of the molecule is CC(N)CCN(C)C(=O)CC1CCCCCC1. The van der Waals surface area contributed by atoms with Gasteiger partial charge in [0.15, 0.2) is 0 Å². The monoisotopic (exact) mass is 240 g/mol. The Hall–Kier alpha value is -0.570. The molecule has 3 heteroatoms. The molecule has 1 unspecified atom stereocenters. The molecule has 2 N–H and O–H groups in total. The van der Waals surface area contributed by atoms with Crippen molar-refractivity contribution in [1.82, 2.24) is 4.90 Å². The van der Waals surface area contributed by atoms with Gasteiger partial charge in [0.05, 0.1) is 0 Å². The second-order valence-electron chi connectivity index (χ2n) is 5.64. The second-order valence-corrected chi connectivity index (χ2v) is 5.64. The largest absolute Gasteiger partial charge is 0.346 e. The first-order valence-electron chi connectivity index (χ1n) is 7.09. The number of amides is 1. The van der Waals surface area contributed by atoms with Crippen LogP contribution in [0.1, 0.15) is 58.3 Å². The van der Waals surface area contributed by atoms with E-state index in [1.165, 1.54) is 38.5 Å². The molecule has 1 atom stereocenters. The highest BCUT2D eigenvalue weighted by Crippen LogP contribution is 2.25. The van der Waals surface area contributed by atoms with Gasteiger partial charge < -0.3 is 10.6 Å². The Labute approximate surface area is 106 Å². The van der Waals surface area contributed by atoms with Crippen LogP contribution in [0.4, 0.5) is 0 Å². The molecule has 1 fully saturated rings. The molecule has 0 aromatic carbocycles. The van der Waals surface area contributed by atoms with Crippen LogP contribution in [0.5, 0.6) is 0 Å². The van der Waals surface area contributed by atoms with Crippen LogP contribution in [-0.2, 0) is 4.79 Å². The van der Waals surface area contributed by atoms with Crippen LogP contribution in [0.3, 0.4) is 0 Å². The molecule has 0 aromatic rings. The van der Waals surface area contributed by atoms with E-state index in [0.717, 1.165) is 19.4 Å². The molecule has 1 amide bonds. The molecule has 0 bridgehead atoms. The summed E-state index contributed by atoms with van der Waals surface area (Å²) >= 11 is 0. The van der Waals surface area contributed by atoms with E-state index in [4.69, 9.17) is 5.73 Å². The minimum absolute atomic E-state index is 0.183. The molecule has 1 rings (SSSR count). The highest BCUT2D eigenvalue weighted by Gasteiger charge is 2.18. The summed E-state index contributed by atoms with van der Waals surface area (Å²) in [5.41, 5.74) is 5.71. The van der Waals surface area contributed by atoms with E-state index in [0.29, 0.717) is 11.8 Å². The van der Waals surface area contributed by atoms with Crippen molar-refractivity contribution in [3.8, 4) is 0 Å². The Kier molecular flexibility index (Phi) is 6.56. The van der Waals surface area contributed by atoms with E-state index in [-0.39, 0.29) is 6.04 Å². The van der Waals surface area contributed by atoms with Crippen molar-refractivity contribution in [3.05, 3.63) is 0 Å². The Bertz CT molecular complexity index is 220. The minimum Gasteiger partial charge on any atom is -0.346 e. The van der Waals surface area contributed by atoms with Gasteiger partial charge in [0, 0.05) is 26.1 Å². The summed E-state index contributed by atoms with van der Waals surface area (Å²) in [5.74, 6) is 0.931. The first kappa shape index (κ1) is 14.5. The zero-order valence-corrected chi connectivity index (χ0v) is 11.5. The fourth-order valence-electron chi connectivity index (χ4n) is 2.49. The van der Waals surface area contributed by atoms with Crippen LogP contribution in [0.15, 0.2) is 0 Å². The molecule has 1 aliphatic rings. The molecule has 0 spiro atoms. The minimum atomic E-state index is 0.183. The number of rotatable bonds is 5. The summed E-state index contributed by atoms with van der Waals surface area (Å²) in [6.45, 7) is 2.78. The lowest BCUT2D eigenvalue weighted by molar-refractivity contribution is -0.131. The van der Waals surface area contributed by atoms with Gasteiger partial charge in [-0.05, 0) is 32.1 Å². The predicted molar refractivity (Wildman–Crippen MR) is 71.7 cm³/mol. The Balaban J connectivity index is 2.26. The lowest BCUT2D eigenvalue weighted by Gasteiger charge is -2.21. The van der Waals surface area contributed by atoms with Crippen molar-refractivity contribution < 1.29 is 4.79 Å². The number of carbonyl (C=O) groups is 1. The van der Waals surface area contributed by atoms with Crippen molar-refractivity contribution >= 4 is 5.91 Å². The zero-order valence-electron chi connectivity index (χ0n) is 11.5. The Morgan fingerprint density at radius 2 is 1.88 bits per heavy atom. The molecule has 0 aromatic heterocycles. The molecule has 17 heavy (non-hydrogen) atoms. The highest BCUT2D eigenvalue weighted by molar-refractivity contribution is 5.76. The van der Waals surface area contributed by atoms with E-state index in [2.05, 4.69) is 0 Å². The molecule has 0 radical (unpaired) electrons. The Morgan fingerprint density at radius 3 is 2.41 bits per heavy atom. The van der Waals surface area contributed by atoms with Crippen LogP contribution in [0.25, 0.3) is 0 Å². The van der Waals surface area contributed by atoms with Crippen molar-refractivity contribution in [2.45, 2.75) is 64.3 Å². The molecule has 3 nitrogen and oxygen atoms in total. The smallest absolute Gasteiger partial charge is 0.222 e. The average molecular weight is 240 g/mol. The molecular weight excluding hydrogens is 212 g/mol. The van der Waals surface area contributed by atoms with Crippen LogP contribution < -0.4 is 5.73 Å². The lowest BCUT2D eigenvalue weighted by Crippen LogP contribution is -2.32. The van der Waals surface area contributed by atoms with Gasteiger partial charge in [-0.1, -0.05) is 25.7 Å². The third-order valence-electron chi connectivity index (χ3n) is 3.78. The number of hydrogen-bond acceptors (Lipinski definition) is 2. The van der Waals surface area contributed by atoms with E-state index < -0.39 is 0 Å². The molecule has 1 saturated carbocycles. The molecule has 100 valence electrons. The third kappa shape index (κ3) is 6.06. The molecule has 0 heterocycles. The van der Waals surface area contributed by atoms with Gasteiger partial charge in [-0.25, -0.2) is 0 Å². The number of hydrogen-bond donors (Lipinski definition) is 1. The summed E-state index contributed by atoms with van der Waals surface area (Å²) in [7, 11) is 1.90. The van der Waals surface area contributed by atoms with Crippen LogP contribution in [-0.4, -0.2) is 30.4 Å². The first-order valence-corrected chi connectivity index (χ1v) is 7.09. The summed E-state index contributed by atoms with van der Waals surface area (Å²) in [6.07, 6.45) is 9.45. The standard InChI is InChI=1S/C14H28N2O/c1-12(15)9-10-16(2)14(17)11-13-7-5-3-4-6-8-13/h12-13H,3-11,15H2,1-2H3. The second kappa shape index (κ2) is 7.70. The summed E-state index contributed by atoms with van der Waals surface area (Å²) in [4.78, 5) is 13.9. The number of carbonyl (C=O) groups excluding carboxylic acids is 1. The van der Waals surface area contributed by atoms with Gasteiger partial charge >= 0.3 is 0 Å². The molecule has 0 aliphatic heterocycles. The predicted octanol–water partition coefficient (Wildman–Crippen LogP) is 2.54. The van der Waals surface area contributed by atoms with E-state index in [1.54, 1.807) is 0 Å². The zero-order chi connectivity index (χ0) is 12.7. The third-order valence-corrected chi connectivity index (χ3v) is 3.78. The van der Waals surface area contributed by atoms with Crippen molar-refractivity contribution in [3.63, 3.8) is 0 Å². The summed E-state index contributed by atoms with van der Waals surface area (Å²) in [6, 6.07) is 0.183. The highest BCUT2D eigenvalue weighted by atomic mass is 16.2. The van der Waals surface area contributed by atoms with Crippen LogP contribution >= 0.6 is 0 Å². The fourth-order valence-corrected chi connectivity index (χ4v) is 2.49. The normalized spacial score (nSPS) is 19.7. The molecule has 1 aliphatic carbocycles. The van der Waals surface area contributed by atoms with Gasteiger partial charge in [0.25, 0.3) is 0 Å². The topological polar surface area (TPSA) is 46.3 Å². The quantitative estimate of drug-likeness (QED) is 0.751. The maximum Gasteiger partial charge on any atom is 0.222 e. The number of nitrogens with zero attached hydrogens (tertiary/aromatic N) is 1. The van der Waals surface area contributed by atoms with Crippen molar-refractivity contribution in [1.29, 1.82) is 0 Å². The maximum absolute atomic E-state index is 12.0. The van der Waals surface area contributed by atoms with Gasteiger partial charge in [0.1, 0.15) is 0 Å². The van der Waals surface area contributed by atoms with E-state index >= 15 is 0 Å². The average Bonchev–Trinajstić information content (AvgIpc) is 2.54. The van der Waals surface area contributed by atoms with Gasteiger partial charge in [-0.3, -0.25) is 4.79 Å². The summed E-state index contributed by atoms with van der Waals surface area (Å²) < 4.78 is 0. The van der Waals surface area contributed by atoms with Crippen LogP contribution in [0.2, 0.25) is 0 Å². The molecule has 0 saturated heterocycles. The van der Waals surface area contributed by atoms with E-state index in [1.807, 2.05) is 18.9 Å². The van der Waals surface area contributed by atoms with Gasteiger partial charge in [0.2, 0.25) is 5.91 Å². The first-order chi connectivity index (χ1) is 8.09. The fraction of sp³-hybridized carbons (Fsp3) is 0.929. The summed E-state index contributed by atoms with van der Waals surface area (Å²) in [5, 5.41) is 0.